The summed E-state index contributed by atoms with van der Waals surface area (Å²) in [4.78, 5) is 4.71. The zero-order chi connectivity index (χ0) is 15.3. The van der Waals surface area contributed by atoms with Gasteiger partial charge in [-0.25, -0.2) is 4.98 Å². The lowest BCUT2D eigenvalue weighted by Gasteiger charge is -2.16. The van der Waals surface area contributed by atoms with Gasteiger partial charge in [0.1, 0.15) is 5.01 Å². The maximum atomic E-state index is 6.08. The molecule has 1 unspecified atom stereocenters. The van der Waals surface area contributed by atoms with Crippen molar-refractivity contribution in [3.8, 4) is 0 Å². The van der Waals surface area contributed by atoms with Gasteiger partial charge in [-0.15, -0.1) is 22.9 Å². The number of halogens is 1. The third kappa shape index (κ3) is 5.10. The van der Waals surface area contributed by atoms with Gasteiger partial charge in [0.25, 0.3) is 0 Å². The van der Waals surface area contributed by atoms with Crippen molar-refractivity contribution in [2.24, 2.45) is 0 Å². The van der Waals surface area contributed by atoms with Crippen LogP contribution in [0.4, 0.5) is 0 Å². The molecule has 0 fully saturated rings. The molecule has 0 aliphatic carbocycles. The van der Waals surface area contributed by atoms with Crippen molar-refractivity contribution in [3.63, 3.8) is 0 Å². The number of thiazole rings is 1. The molecule has 2 nitrogen and oxygen atoms in total. The van der Waals surface area contributed by atoms with Crippen LogP contribution in [0.5, 0.6) is 0 Å². The molecule has 4 heteroatoms. The second-order valence-corrected chi connectivity index (χ2v) is 7.55. The Morgan fingerprint density at radius 3 is 2.52 bits per heavy atom. The maximum absolute atomic E-state index is 6.08. The Morgan fingerprint density at radius 2 is 1.95 bits per heavy atom. The molecule has 2 rings (SSSR count). The maximum Gasteiger partial charge on any atom is 0.107 e. The third-order valence-electron chi connectivity index (χ3n) is 3.37. The Balaban J connectivity index is 1.90. The molecule has 0 spiro atoms. The molecule has 1 aromatic carbocycles. The van der Waals surface area contributed by atoms with Gasteiger partial charge in [-0.05, 0) is 12.0 Å². The van der Waals surface area contributed by atoms with E-state index in [9.17, 15) is 0 Å². The van der Waals surface area contributed by atoms with E-state index in [4.69, 9.17) is 16.6 Å². The van der Waals surface area contributed by atoms with Crippen LogP contribution in [-0.2, 0) is 18.4 Å². The Hall–Kier alpha value is -0.900. The molecule has 0 aliphatic rings. The molecule has 2 aromatic rings. The SMILES string of the molecule is CC(C)(C)c1csc(CNC(CCl)Cc2ccccc2)n1. The van der Waals surface area contributed by atoms with Gasteiger partial charge in [-0.2, -0.15) is 0 Å². The fourth-order valence-electron chi connectivity index (χ4n) is 2.05. The first-order valence-electron chi connectivity index (χ1n) is 7.27. The van der Waals surface area contributed by atoms with E-state index in [1.165, 1.54) is 5.56 Å². The van der Waals surface area contributed by atoms with E-state index in [-0.39, 0.29) is 11.5 Å². The highest BCUT2D eigenvalue weighted by atomic mass is 35.5. The van der Waals surface area contributed by atoms with Crippen LogP contribution in [0.1, 0.15) is 37.0 Å². The summed E-state index contributed by atoms with van der Waals surface area (Å²) < 4.78 is 0. The van der Waals surface area contributed by atoms with Gasteiger partial charge >= 0.3 is 0 Å². The van der Waals surface area contributed by atoms with E-state index in [2.05, 4.69) is 55.7 Å². The molecule has 1 heterocycles. The van der Waals surface area contributed by atoms with Crippen molar-refractivity contribution in [3.05, 3.63) is 52.0 Å². The first-order valence-corrected chi connectivity index (χ1v) is 8.68. The monoisotopic (exact) mass is 322 g/mol. The predicted molar refractivity (Wildman–Crippen MR) is 92.3 cm³/mol. The minimum absolute atomic E-state index is 0.116. The van der Waals surface area contributed by atoms with Crippen molar-refractivity contribution in [1.29, 1.82) is 0 Å². The summed E-state index contributed by atoms with van der Waals surface area (Å²) in [6.45, 7) is 7.35. The van der Waals surface area contributed by atoms with Gasteiger partial charge in [0.05, 0.1) is 5.69 Å². The van der Waals surface area contributed by atoms with Crippen LogP contribution < -0.4 is 5.32 Å². The van der Waals surface area contributed by atoms with Crippen LogP contribution >= 0.6 is 22.9 Å². The molecular weight excluding hydrogens is 300 g/mol. The fourth-order valence-corrected chi connectivity index (χ4v) is 3.24. The van der Waals surface area contributed by atoms with Crippen molar-refractivity contribution in [1.82, 2.24) is 10.3 Å². The van der Waals surface area contributed by atoms with Crippen molar-refractivity contribution < 1.29 is 0 Å². The molecule has 0 saturated carbocycles. The van der Waals surface area contributed by atoms with Gasteiger partial charge < -0.3 is 5.32 Å². The Labute approximate surface area is 136 Å². The van der Waals surface area contributed by atoms with Crippen LogP contribution in [-0.4, -0.2) is 16.9 Å². The molecule has 1 atom stereocenters. The molecule has 0 amide bonds. The number of rotatable bonds is 6. The number of benzene rings is 1. The number of hydrogen-bond acceptors (Lipinski definition) is 3. The molecule has 21 heavy (non-hydrogen) atoms. The van der Waals surface area contributed by atoms with Crippen LogP contribution in [0, 0.1) is 0 Å². The molecule has 0 aliphatic heterocycles. The van der Waals surface area contributed by atoms with Gasteiger partial charge in [-0.3, -0.25) is 0 Å². The van der Waals surface area contributed by atoms with Crippen LogP contribution in [0.25, 0.3) is 0 Å². The van der Waals surface area contributed by atoms with E-state index in [0.29, 0.717) is 5.88 Å². The molecule has 1 N–H and O–H groups in total. The molecule has 114 valence electrons. The Bertz CT molecular complexity index is 545. The van der Waals surface area contributed by atoms with E-state index in [1.807, 2.05) is 6.07 Å². The quantitative estimate of drug-likeness (QED) is 0.798. The minimum atomic E-state index is 0.116. The second-order valence-electron chi connectivity index (χ2n) is 6.30. The van der Waals surface area contributed by atoms with Gasteiger partial charge in [0.2, 0.25) is 0 Å². The van der Waals surface area contributed by atoms with Gasteiger partial charge in [-0.1, -0.05) is 51.1 Å². The smallest absolute Gasteiger partial charge is 0.107 e. The summed E-state index contributed by atoms with van der Waals surface area (Å²) in [5.41, 5.74) is 2.59. The fraction of sp³-hybridized carbons (Fsp3) is 0.471. The highest BCUT2D eigenvalue weighted by Gasteiger charge is 2.17. The zero-order valence-corrected chi connectivity index (χ0v) is 14.5. The summed E-state index contributed by atoms with van der Waals surface area (Å²) in [6, 6.07) is 10.7. The molecule has 0 saturated heterocycles. The average molecular weight is 323 g/mol. The third-order valence-corrected chi connectivity index (χ3v) is 4.59. The predicted octanol–water partition coefficient (Wildman–Crippen LogP) is 4.38. The van der Waals surface area contributed by atoms with Crippen molar-refractivity contribution in [2.45, 2.75) is 45.2 Å². The van der Waals surface area contributed by atoms with Crippen LogP contribution in [0.2, 0.25) is 0 Å². The topological polar surface area (TPSA) is 24.9 Å². The van der Waals surface area contributed by atoms with E-state index >= 15 is 0 Å². The highest BCUT2D eigenvalue weighted by molar-refractivity contribution is 7.09. The van der Waals surface area contributed by atoms with E-state index in [0.717, 1.165) is 23.7 Å². The van der Waals surface area contributed by atoms with Gasteiger partial charge in [0, 0.05) is 29.3 Å². The van der Waals surface area contributed by atoms with Crippen molar-refractivity contribution in [2.75, 3.05) is 5.88 Å². The lowest BCUT2D eigenvalue weighted by atomic mass is 9.93. The van der Waals surface area contributed by atoms with Crippen molar-refractivity contribution >= 4 is 22.9 Å². The number of alkyl halides is 1. The molecule has 0 radical (unpaired) electrons. The number of aromatic nitrogens is 1. The molecule has 0 bridgehead atoms. The zero-order valence-electron chi connectivity index (χ0n) is 12.9. The van der Waals surface area contributed by atoms with Crippen LogP contribution in [0.15, 0.2) is 35.7 Å². The van der Waals surface area contributed by atoms with Gasteiger partial charge in [0.15, 0.2) is 0 Å². The summed E-state index contributed by atoms with van der Waals surface area (Å²) in [7, 11) is 0. The lowest BCUT2D eigenvalue weighted by Crippen LogP contribution is -2.32. The van der Waals surface area contributed by atoms with Crippen LogP contribution in [0.3, 0.4) is 0 Å². The Kier molecular flexibility index (Phi) is 5.80. The molecular formula is C17H23ClN2S. The second kappa shape index (κ2) is 7.39. The number of nitrogens with zero attached hydrogens (tertiary/aromatic N) is 1. The number of nitrogens with one attached hydrogen (secondary N) is 1. The summed E-state index contributed by atoms with van der Waals surface area (Å²) in [5, 5.41) is 6.80. The van der Waals surface area contributed by atoms with E-state index < -0.39 is 0 Å². The summed E-state index contributed by atoms with van der Waals surface area (Å²) >= 11 is 7.80. The first kappa shape index (κ1) is 16.5. The minimum Gasteiger partial charge on any atom is -0.306 e. The normalized spacial score (nSPS) is 13.3. The average Bonchev–Trinajstić information content (AvgIpc) is 2.93. The highest BCUT2D eigenvalue weighted by Crippen LogP contribution is 2.23. The lowest BCUT2D eigenvalue weighted by molar-refractivity contribution is 0.540. The Morgan fingerprint density at radius 1 is 1.24 bits per heavy atom. The first-order chi connectivity index (χ1) is 9.99. The standard InChI is InChI=1S/C17H23ClN2S/c1-17(2,3)15-12-21-16(20-15)11-19-14(10-18)9-13-7-5-4-6-8-13/h4-8,12,14,19H,9-11H2,1-3H3. The largest absolute Gasteiger partial charge is 0.306 e. The number of hydrogen-bond donors (Lipinski definition) is 1. The summed E-state index contributed by atoms with van der Waals surface area (Å²) in [5.74, 6) is 0.604. The summed E-state index contributed by atoms with van der Waals surface area (Å²) in [6.07, 6.45) is 0.946. The molecule has 1 aromatic heterocycles. The van der Waals surface area contributed by atoms with E-state index in [1.54, 1.807) is 11.3 Å².